The molecule has 3 aromatic carbocycles. The topological polar surface area (TPSA) is 53.5 Å². The summed E-state index contributed by atoms with van der Waals surface area (Å²) in [7, 11) is 1.66. The Kier molecular flexibility index (Phi) is 5.36. The van der Waals surface area contributed by atoms with Gasteiger partial charge < -0.3 is 20.5 Å². The maximum atomic E-state index is 9.95. The van der Waals surface area contributed by atoms with E-state index in [0.29, 0.717) is 5.11 Å². The van der Waals surface area contributed by atoms with Crippen molar-refractivity contribution in [3.63, 3.8) is 0 Å². The van der Waals surface area contributed by atoms with Crippen LogP contribution in [0.3, 0.4) is 0 Å². The summed E-state index contributed by atoms with van der Waals surface area (Å²) in [6, 6.07) is 19.2. The van der Waals surface area contributed by atoms with Crippen LogP contribution in [0.15, 0.2) is 60.7 Å². The van der Waals surface area contributed by atoms with Crippen LogP contribution in [0.4, 0.5) is 5.69 Å². The molecule has 128 valence electrons. The number of hydrogen-bond acceptors (Lipinski definition) is 3. The third-order valence-electron chi connectivity index (χ3n) is 4.01. The molecule has 0 saturated carbocycles. The molecule has 0 spiro atoms. The number of fused-ring (bicyclic) bond motifs is 1. The second-order valence-electron chi connectivity index (χ2n) is 5.66. The summed E-state index contributed by atoms with van der Waals surface area (Å²) in [5, 5.41) is 18.7. The summed E-state index contributed by atoms with van der Waals surface area (Å²) in [5.74, 6) is 1.12. The molecular formula is C20H20N2O2S. The smallest absolute Gasteiger partial charge is 0.170 e. The van der Waals surface area contributed by atoms with Gasteiger partial charge in [-0.3, -0.25) is 0 Å². The second-order valence-corrected chi connectivity index (χ2v) is 6.07. The molecule has 0 aliphatic heterocycles. The Bertz CT molecular complexity index is 879. The first-order valence-electron chi connectivity index (χ1n) is 8.06. The monoisotopic (exact) mass is 352 g/mol. The molecule has 0 radical (unpaired) electrons. The molecule has 0 aromatic heterocycles. The van der Waals surface area contributed by atoms with E-state index in [1.807, 2.05) is 54.6 Å². The van der Waals surface area contributed by atoms with Crippen LogP contribution in [0.2, 0.25) is 0 Å². The van der Waals surface area contributed by atoms with Gasteiger partial charge in [0.1, 0.15) is 11.5 Å². The number of phenols is 1. The van der Waals surface area contributed by atoms with Crippen molar-refractivity contribution >= 4 is 33.8 Å². The summed E-state index contributed by atoms with van der Waals surface area (Å²) in [6.45, 7) is 0.730. The fourth-order valence-electron chi connectivity index (χ4n) is 2.68. The maximum absolute atomic E-state index is 9.95. The van der Waals surface area contributed by atoms with Gasteiger partial charge in [0.05, 0.1) is 7.11 Å². The van der Waals surface area contributed by atoms with Crippen LogP contribution in [0.1, 0.15) is 5.56 Å². The van der Waals surface area contributed by atoms with E-state index in [4.69, 9.17) is 17.0 Å². The third kappa shape index (κ3) is 4.19. The number of hydrogen-bond donors (Lipinski definition) is 3. The lowest BCUT2D eigenvalue weighted by atomic mass is 10.1. The van der Waals surface area contributed by atoms with E-state index in [2.05, 4.69) is 10.6 Å². The van der Waals surface area contributed by atoms with Crippen molar-refractivity contribution in [1.29, 1.82) is 0 Å². The second kappa shape index (κ2) is 7.85. The van der Waals surface area contributed by atoms with Gasteiger partial charge in [0, 0.05) is 23.0 Å². The van der Waals surface area contributed by atoms with Crippen LogP contribution in [-0.4, -0.2) is 23.9 Å². The molecule has 0 heterocycles. The third-order valence-corrected chi connectivity index (χ3v) is 4.25. The fraction of sp³-hybridized carbons (Fsp3) is 0.150. The zero-order valence-electron chi connectivity index (χ0n) is 14.0. The highest BCUT2D eigenvalue weighted by Gasteiger charge is 2.05. The minimum absolute atomic E-state index is 0.263. The van der Waals surface area contributed by atoms with Crippen molar-refractivity contribution in [2.24, 2.45) is 0 Å². The Morgan fingerprint density at radius 1 is 1.00 bits per heavy atom. The van der Waals surface area contributed by atoms with E-state index < -0.39 is 0 Å². The van der Waals surface area contributed by atoms with E-state index in [9.17, 15) is 5.11 Å². The van der Waals surface area contributed by atoms with Crippen LogP contribution in [0.25, 0.3) is 10.8 Å². The molecule has 0 saturated heterocycles. The van der Waals surface area contributed by atoms with Crippen LogP contribution in [0, 0.1) is 0 Å². The molecule has 5 heteroatoms. The van der Waals surface area contributed by atoms with Crippen LogP contribution in [0.5, 0.6) is 11.5 Å². The van der Waals surface area contributed by atoms with Gasteiger partial charge in [0.2, 0.25) is 0 Å². The first kappa shape index (κ1) is 17.0. The fourth-order valence-corrected chi connectivity index (χ4v) is 2.89. The largest absolute Gasteiger partial charge is 0.507 e. The number of phenolic OH excluding ortho intramolecular Hbond substituents is 1. The van der Waals surface area contributed by atoms with Gasteiger partial charge in [-0.2, -0.15) is 0 Å². The Balaban J connectivity index is 1.58. The number of benzene rings is 3. The molecule has 0 atom stereocenters. The minimum Gasteiger partial charge on any atom is -0.507 e. The van der Waals surface area contributed by atoms with Gasteiger partial charge >= 0.3 is 0 Å². The number of methoxy groups -OCH3 is 1. The first-order valence-corrected chi connectivity index (χ1v) is 8.46. The van der Waals surface area contributed by atoms with E-state index in [1.165, 1.54) is 5.56 Å². The number of ether oxygens (including phenoxy) is 1. The Morgan fingerprint density at radius 3 is 2.48 bits per heavy atom. The molecule has 3 N–H and O–H groups in total. The number of thiocarbonyl (C=S) groups is 1. The molecule has 0 amide bonds. The lowest BCUT2D eigenvalue weighted by Gasteiger charge is -2.13. The van der Waals surface area contributed by atoms with Crippen LogP contribution < -0.4 is 15.4 Å². The molecule has 0 aliphatic carbocycles. The number of nitrogens with one attached hydrogen (secondary N) is 2. The predicted octanol–water partition coefficient (Wildman–Crippen LogP) is 4.08. The highest BCUT2D eigenvalue weighted by molar-refractivity contribution is 7.80. The molecule has 3 rings (SSSR count). The quantitative estimate of drug-likeness (QED) is 0.604. The van der Waals surface area contributed by atoms with Gasteiger partial charge in [-0.05, 0) is 48.5 Å². The lowest BCUT2D eigenvalue weighted by Crippen LogP contribution is -2.30. The number of aromatic hydroxyl groups is 1. The molecular weight excluding hydrogens is 332 g/mol. The SMILES string of the molecule is COc1ccc(CCNC(=S)Nc2cccc3c(O)cccc23)cc1. The summed E-state index contributed by atoms with van der Waals surface area (Å²) >= 11 is 5.38. The van der Waals surface area contributed by atoms with Crippen molar-refractivity contribution in [2.75, 3.05) is 19.0 Å². The maximum Gasteiger partial charge on any atom is 0.170 e. The van der Waals surface area contributed by atoms with Crippen molar-refractivity contribution in [2.45, 2.75) is 6.42 Å². The van der Waals surface area contributed by atoms with E-state index >= 15 is 0 Å². The van der Waals surface area contributed by atoms with Gasteiger partial charge in [0.15, 0.2) is 5.11 Å². The van der Waals surface area contributed by atoms with Crippen LogP contribution in [-0.2, 0) is 6.42 Å². The molecule has 0 bridgehead atoms. The van der Waals surface area contributed by atoms with Gasteiger partial charge in [-0.25, -0.2) is 0 Å². The molecule has 0 fully saturated rings. The van der Waals surface area contributed by atoms with Crippen LogP contribution >= 0.6 is 12.2 Å². The van der Waals surface area contributed by atoms with Crippen molar-refractivity contribution < 1.29 is 9.84 Å². The van der Waals surface area contributed by atoms with Crippen molar-refractivity contribution in [1.82, 2.24) is 5.32 Å². The van der Waals surface area contributed by atoms with E-state index in [0.717, 1.165) is 35.2 Å². The number of anilines is 1. The lowest BCUT2D eigenvalue weighted by molar-refractivity contribution is 0.414. The molecule has 25 heavy (non-hydrogen) atoms. The zero-order valence-corrected chi connectivity index (χ0v) is 14.8. The zero-order chi connectivity index (χ0) is 17.6. The molecule has 0 aliphatic rings. The highest BCUT2D eigenvalue weighted by atomic mass is 32.1. The first-order chi connectivity index (χ1) is 12.2. The summed E-state index contributed by atoms with van der Waals surface area (Å²) < 4.78 is 5.16. The van der Waals surface area contributed by atoms with E-state index in [1.54, 1.807) is 13.2 Å². The van der Waals surface area contributed by atoms with Gasteiger partial charge in [-0.15, -0.1) is 0 Å². The Morgan fingerprint density at radius 2 is 1.72 bits per heavy atom. The highest BCUT2D eigenvalue weighted by Crippen LogP contribution is 2.29. The summed E-state index contributed by atoms with van der Waals surface area (Å²) in [6.07, 6.45) is 0.863. The molecule has 0 unspecified atom stereocenters. The minimum atomic E-state index is 0.263. The predicted molar refractivity (Wildman–Crippen MR) is 107 cm³/mol. The molecule has 3 aromatic rings. The normalized spacial score (nSPS) is 10.4. The van der Waals surface area contributed by atoms with Gasteiger partial charge in [0.25, 0.3) is 0 Å². The standard InChI is InChI=1S/C20H20N2O2S/c1-24-15-10-8-14(9-11-15)12-13-21-20(25)22-18-6-2-5-17-16(18)4-3-7-19(17)23/h2-11,23H,12-13H2,1H3,(H2,21,22,25). The van der Waals surface area contributed by atoms with E-state index in [-0.39, 0.29) is 5.75 Å². The average Bonchev–Trinajstić information content (AvgIpc) is 2.63. The Hall–Kier alpha value is -2.79. The summed E-state index contributed by atoms with van der Waals surface area (Å²) in [4.78, 5) is 0. The Labute approximate surface area is 152 Å². The molecule has 4 nitrogen and oxygen atoms in total. The summed E-state index contributed by atoms with van der Waals surface area (Å²) in [5.41, 5.74) is 2.08. The van der Waals surface area contributed by atoms with Crippen molar-refractivity contribution in [3.8, 4) is 11.5 Å². The average molecular weight is 352 g/mol. The van der Waals surface area contributed by atoms with Gasteiger partial charge in [-0.1, -0.05) is 36.4 Å². The number of rotatable bonds is 5. The van der Waals surface area contributed by atoms with Crippen molar-refractivity contribution in [3.05, 3.63) is 66.2 Å².